The predicted molar refractivity (Wildman–Crippen MR) is 76.6 cm³/mol. The van der Waals surface area contributed by atoms with Crippen LogP contribution >= 0.6 is 0 Å². The largest absolute Gasteiger partial charge is 0.279 e. The molecule has 1 aromatic carbocycles. The van der Waals surface area contributed by atoms with Gasteiger partial charge in [0.25, 0.3) is 10.0 Å². The number of benzene rings is 1. The molecule has 1 heterocycles. The molecule has 0 amide bonds. The van der Waals surface area contributed by atoms with Gasteiger partial charge in [0.2, 0.25) is 10.0 Å². The van der Waals surface area contributed by atoms with Crippen molar-refractivity contribution in [1.29, 1.82) is 0 Å². The lowest BCUT2D eigenvalue weighted by molar-refractivity contribution is 0.581. The minimum absolute atomic E-state index is 0.0390. The van der Waals surface area contributed by atoms with Crippen LogP contribution in [-0.4, -0.2) is 26.6 Å². The molecular weight excluding hydrogens is 316 g/mol. The van der Waals surface area contributed by atoms with Gasteiger partial charge in [-0.2, -0.15) is 13.5 Å². The molecule has 21 heavy (non-hydrogen) atoms. The monoisotopic (exact) mass is 330 g/mol. The smallest absolute Gasteiger partial charge is 0.278 e. The van der Waals surface area contributed by atoms with Crippen LogP contribution in [0.15, 0.2) is 40.4 Å². The van der Waals surface area contributed by atoms with Gasteiger partial charge < -0.3 is 0 Å². The number of sulfonamides is 2. The van der Waals surface area contributed by atoms with Gasteiger partial charge in [0, 0.05) is 7.05 Å². The Kier molecular flexibility index (Phi) is 3.78. The maximum atomic E-state index is 12.2. The average molecular weight is 330 g/mol. The lowest BCUT2D eigenvalue weighted by Crippen LogP contribution is -2.19. The van der Waals surface area contributed by atoms with E-state index in [0.717, 1.165) is 0 Å². The summed E-state index contributed by atoms with van der Waals surface area (Å²) in [6.07, 6.45) is 1.35. The van der Waals surface area contributed by atoms with E-state index < -0.39 is 20.0 Å². The van der Waals surface area contributed by atoms with Gasteiger partial charge in [0.15, 0.2) is 5.03 Å². The molecule has 0 unspecified atom stereocenters. The van der Waals surface area contributed by atoms with Crippen LogP contribution in [0.25, 0.3) is 0 Å². The summed E-state index contributed by atoms with van der Waals surface area (Å²) < 4.78 is 50.9. The molecule has 0 radical (unpaired) electrons. The maximum Gasteiger partial charge on any atom is 0.279 e. The van der Waals surface area contributed by atoms with Crippen molar-refractivity contribution in [2.45, 2.75) is 16.8 Å². The molecule has 0 aliphatic heterocycles. The van der Waals surface area contributed by atoms with E-state index in [0.29, 0.717) is 0 Å². The molecule has 2 aromatic rings. The van der Waals surface area contributed by atoms with E-state index in [2.05, 4.69) is 9.82 Å². The molecular formula is C11H14N4O4S2. The number of anilines is 1. The zero-order valence-corrected chi connectivity index (χ0v) is 12.9. The molecule has 2 rings (SSSR count). The predicted octanol–water partition coefficient (Wildman–Crippen LogP) is 0.177. The number of rotatable bonds is 4. The normalized spacial score (nSPS) is 12.3. The minimum Gasteiger partial charge on any atom is -0.278 e. The van der Waals surface area contributed by atoms with Gasteiger partial charge in [-0.15, -0.1) is 0 Å². The Bertz CT molecular complexity index is 885. The highest BCUT2D eigenvalue weighted by Crippen LogP contribution is 2.24. The molecule has 8 nitrogen and oxygen atoms in total. The van der Waals surface area contributed by atoms with Crippen molar-refractivity contribution in [2.75, 3.05) is 4.72 Å². The number of hydrogen-bond donors (Lipinski definition) is 2. The number of hydrogen-bond acceptors (Lipinski definition) is 5. The highest BCUT2D eigenvalue weighted by Gasteiger charge is 2.21. The zero-order valence-electron chi connectivity index (χ0n) is 11.3. The first kappa shape index (κ1) is 15.5. The van der Waals surface area contributed by atoms with Crippen LogP contribution in [0.3, 0.4) is 0 Å². The van der Waals surface area contributed by atoms with E-state index in [1.54, 1.807) is 0 Å². The molecule has 3 N–H and O–H groups in total. The standard InChI is InChI=1S/C11H14N4O4S2/c1-8-9(4-3-5-10(8)20(12,16)17)14-21(18,19)11-6-7-13-15(11)2/h3-7,14H,1-2H3,(H2,12,16,17). The second-order valence-corrected chi connectivity index (χ2v) is 7.53. The van der Waals surface area contributed by atoms with E-state index >= 15 is 0 Å². The summed E-state index contributed by atoms with van der Waals surface area (Å²) >= 11 is 0. The van der Waals surface area contributed by atoms with Gasteiger partial charge >= 0.3 is 0 Å². The molecule has 0 fully saturated rings. The third-order valence-electron chi connectivity index (χ3n) is 2.89. The van der Waals surface area contributed by atoms with Gasteiger partial charge in [-0.3, -0.25) is 9.40 Å². The number of aromatic nitrogens is 2. The number of aryl methyl sites for hydroxylation is 1. The fourth-order valence-corrected chi connectivity index (χ4v) is 3.91. The fourth-order valence-electron chi connectivity index (χ4n) is 1.86. The lowest BCUT2D eigenvalue weighted by Gasteiger charge is -2.12. The van der Waals surface area contributed by atoms with Gasteiger partial charge in [-0.25, -0.2) is 13.6 Å². The Balaban J connectivity index is 2.49. The fraction of sp³-hybridized carbons (Fsp3) is 0.182. The summed E-state index contributed by atoms with van der Waals surface area (Å²) in [5.41, 5.74) is 0.369. The van der Waals surface area contributed by atoms with Gasteiger partial charge in [0.05, 0.1) is 16.8 Å². The number of nitrogens with one attached hydrogen (secondary N) is 1. The third-order valence-corrected chi connectivity index (χ3v) is 5.38. The molecule has 0 saturated heterocycles. The Morgan fingerprint density at radius 3 is 2.38 bits per heavy atom. The topological polar surface area (TPSA) is 124 Å². The summed E-state index contributed by atoms with van der Waals surface area (Å²) in [6, 6.07) is 5.51. The van der Waals surface area contributed by atoms with E-state index in [4.69, 9.17) is 5.14 Å². The van der Waals surface area contributed by atoms with Crippen molar-refractivity contribution in [3.8, 4) is 0 Å². The molecule has 0 saturated carbocycles. The Morgan fingerprint density at radius 2 is 1.86 bits per heavy atom. The van der Waals surface area contributed by atoms with E-state index in [-0.39, 0.29) is 21.2 Å². The van der Waals surface area contributed by atoms with Crippen molar-refractivity contribution in [3.05, 3.63) is 36.0 Å². The van der Waals surface area contributed by atoms with Crippen LogP contribution in [0.2, 0.25) is 0 Å². The zero-order chi connectivity index (χ0) is 15.8. The summed E-state index contributed by atoms with van der Waals surface area (Å²) in [5, 5.41) is 8.84. The van der Waals surface area contributed by atoms with Crippen molar-refractivity contribution in [1.82, 2.24) is 9.78 Å². The maximum absolute atomic E-state index is 12.2. The van der Waals surface area contributed by atoms with Crippen LogP contribution in [0, 0.1) is 6.92 Å². The van der Waals surface area contributed by atoms with E-state index in [9.17, 15) is 16.8 Å². The summed E-state index contributed by atoms with van der Waals surface area (Å²) in [6.45, 7) is 1.47. The number of primary sulfonamides is 1. The van der Waals surface area contributed by atoms with Gasteiger partial charge in [-0.05, 0) is 30.7 Å². The first-order valence-electron chi connectivity index (χ1n) is 5.76. The minimum atomic E-state index is -3.93. The SMILES string of the molecule is Cc1c(NS(=O)(=O)c2ccnn2C)cccc1S(N)(=O)=O. The first-order chi connectivity index (χ1) is 9.63. The second kappa shape index (κ2) is 5.13. The summed E-state index contributed by atoms with van der Waals surface area (Å²) in [7, 11) is -6.31. The van der Waals surface area contributed by atoms with Crippen LogP contribution in [0.4, 0.5) is 5.69 Å². The van der Waals surface area contributed by atoms with Crippen LogP contribution in [0.1, 0.15) is 5.56 Å². The van der Waals surface area contributed by atoms with Crippen molar-refractivity contribution in [2.24, 2.45) is 12.2 Å². The van der Waals surface area contributed by atoms with Gasteiger partial charge in [-0.1, -0.05) is 6.07 Å². The third kappa shape index (κ3) is 3.06. The Hall–Kier alpha value is -1.91. The molecule has 1 aromatic heterocycles. The molecule has 10 heteroatoms. The lowest BCUT2D eigenvalue weighted by atomic mass is 10.2. The van der Waals surface area contributed by atoms with Gasteiger partial charge in [0.1, 0.15) is 0 Å². The molecule has 0 aliphatic rings. The van der Waals surface area contributed by atoms with Crippen LogP contribution in [-0.2, 0) is 27.1 Å². The quantitative estimate of drug-likeness (QED) is 0.827. The Labute approximate surface area is 122 Å². The highest BCUT2D eigenvalue weighted by molar-refractivity contribution is 7.92. The molecule has 0 atom stereocenters. The first-order valence-corrected chi connectivity index (χ1v) is 8.79. The van der Waals surface area contributed by atoms with E-state index in [1.807, 2.05) is 0 Å². The number of nitrogens with two attached hydrogens (primary N) is 1. The number of nitrogens with zero attached hydrogens (tertiary/aromatic N) is 2. The highest BCUT2D eigenvalue weighted by atomic mass is 32.2. The summed E-state index contributed by atoms with van der Waals surface area (Å²) in [5.74, 6) is 0. The molecule has 0 aliphatic carbocycles. The van der Waals surface area contributed by atoms with E-state index in [1.165, 1.54) is 49.1 Å². The molecule has 0 spiro atoms. The van der Waals surface area contributed by atoms with Crippen LogP contribution < -0.4 is 9.86 Å². The van der Waals surface area contributed by atoms with Crippen molar-refractivity contribution < 1.29 is 16.8 Å². The summed E-state index contributed by atoms with van der Waals surface area (Å²) in [4.78, 5) is -0.132. The molecule has 0 bridgehead atoms. The Morgan fingerprint density at radius 1 is 1.19 bits per heavy atom. The van der Waals surface area contributed by atoms with Crippen LogP contribution in [0.5, 0.6) is 0 Å². The average Bonchev–Trinajstić information content (AvgIpc) is 2.77. The molecule has 114 valence electrons. The van der Waals surface area contributed by atoms with Crippen molar-refractivity contribution in [3.63, 3.8) is 0 Å². The second-order valence-electron chi connectivity index (χ2n) is 4.37. The van der Waals surface area contributed by atoms with Crippen molar-refractivity contribution >= 4 is 25.7 Å².